The molecule has 7 heteroatoms. The van der Waals surface area contributed by atoms with Crippen molar-refractivity contribution in [1.29, 1.82) is 0 Å². The number of para-hydroxylation sites is 1. The van der Waals surface area contributed by atoms with Crippen LogP contribution in [0, 0.1) is 5.92 Å². The van der Waals surface area contributed by atoms with E-state index in [4.69, 9.17) is 16.3 Å². The zero-order valence-electron chi connectivity index (χ0n) is 17.8. The van der Waals surface area contributed by atoms with Crippen molar-refractivity contribution in [2.75, 3.05) is 11.9 Å². The second-order valence-electron chi connectivity index (χ2n) is 8.67. The minimum absolute atomic E-state index is 0.0773. The first-order valence-electron chi connectivity index (χ1n) is 11.1. The van der Waals surface area contributed by atoms with Gasteiger partial charge in [-0.05, 0) is 49.2 Å². The second-order valence-corrected chi connectivity index (χ2v) is 10.9. The Morgan fingerprint density at radius 1 is 0.970 bits per heavy atom. The fraction of sp³-hybridized carbons (Fsp3) is 0.231. The molecule has 33 heavy (non-hydrogen) atoms. The molecule has 1 aromatic heterocycles. The molecule has 3 atom stereocenters. The van der Waals surface area contributed by atoms with Crippen LogP contribution in [0.3, 0.4) is 0 Å². The summed E-state index contributed by atoms with van der Waals surface area (Å²) in [4.78, 5) is 0.271. The molecule has 1 saturated heterocycles. The van der Waals surface area contributed by atoms with Crippen LogP contribution in [0.5, 0.6) is 0 Å². The molecular formula is C26H23ClN2O3S. The molecule has 6 rings (SSSR count). The first-order valence-corrected chi connectivity index (χ1v) is 12.9. The van der Waals surface area contributed by atoms with Crippen molar-refractivity contribution in [3.05, 3.63) is 95.1 Å². The van der Waals surface area contributed by atoms with Crippen LogP contribution in [0.15, 0.2) is 83.9 Å². The molecule has 4 aromatic rings. The molecule has 2 aliphatic rings. The van der Waals surface area contributed by atoms with E-state index >= 15 is 0 Å². The van der Waals surface area contributed by atoms with E-state index in [1.807, 2.05) is 48.5 Å². The summed E-state index contributed by atoms with van der Waals surface area (Å²) in [5.74, 6) is 0.170. The third kappa shape index (κ3) is 3.36. The van der Waals surface area contributed by atoms with Gasteiger partial charge in [0.2, 0.25) is 0 Å². The van der Waals surface area contributed by atoms with E-state index in [1.54, 1.807) is 30.5 Å². The van der Waals surface area contributed by atoms with Crippen LogP contribution in [0.1, 0.15) is 36.1 Å². The first kappa shape index (κ1) is 20.8. The standard InChI is InChI=1S/C26H23ClN2O3S/c27-17-12-13-23-21(15-17)26-20(10-6-14-32-26)25(28-23)22-16-29(24-11-5-4-9-19(22)24)33(30,31)18-7-2-1-3-8-18/h1-5,7-9,11-13,15-16,20,25-26,28H,6,10,14H2/t20-,25-,26-/m0/s1. The summed E-state index contributed by atoms with van der Waals surface area (Å²) in [5, 5.41) is 5.30. The van der Waals surface area contributed by atoms with E-state index in [-0.39, 0.29) is 23.0 Å². The Kier molecular flexibility index (Phi) is 4.98. The Bertz CT molecular complexity index is 1450. The molecular weight excluding hydrogens is 456 g/mol. The summed E-state index contributed by atoms with van der Waals surface area (Å²) in [5.41, 5.74) is 3.69. The zero-order chi connectivity index (χ0) is 22.6. The van der Waals surface area contributed by atoms with E-state index in [0.717, 1.165) is 35.0 Å². The van der Waals surface area contributed by atoms with E-state index in [9.17, 15) is 8.42 Å². The number of aromatic nitrogens is 1. The quantitative estimate of drug-likeness (QED) is 0.382. The van der Waals surface area contributed by atoms with Crippen molar-refractivity contribution in [3.8, 4) is 0 Å². The van der Waals surface area contributed by atoms with Gasteiger partial charge in [0.05, 0.1) is 22.6 Å². The number of hydrogen-bond donors (Lipinski definition) is 1. The van der Waals surface area contributed by atoms with Gasteiger partial charge in [-0.25, -0.2) is 12.4 Å². The van der Waals surface area contributed by atoms with Crippen molar-refractivity contribution in [3.63, 3.8) is 0 Å². The normalized spacial score (nSPS) is 22.4. The summed E-state index contributed by atoms with van der Waals surface area (Å²) < 4.78 is 34.8. The molecule has 5 nitrogen and oxygen atoms in total. The van der Waals surface area contributed by atoms with E-state index in [2.05, 4.69) is 5.32 Å². The number of benzene rings is 3. The van der Waals surface area contributed by atoms with Gasteiger partial charge in [-0.2, -0.15) is 0 Å². The van der Waals surface area contributed by atoms with Crippen molar-refractivity contribution in [2.45, 2.75) is 29.9 Å². The van der Waals surface area contributed by atoms with Gasteiger partial charge in [0, 0.05) is 45.9 Å². The number of ether oxygens (including phenoxy) is 1. The Morgan fingerprint density at radius 3 is 2.61 bits per heavy atom. The summed E-state index contributed by atoms with van der Waals surface area (Å²) in [6.07, 6.45) is 3.67. The fourth-order valence-electron chi connectivity index (χ4n) is 5.28. The fourth-order valence-corrected chi connectivity index (χ4v) is 6.86. The Labute approximate surface area is 198 Å². The van der Waals surface area contributed by atoms with Gasteiger partial charge in [-0.1, -0.05) is 48.0 Å². The van der Waals surface area contributed by atoms with Crippen molar-refractivity contribution >= 4 is 38.2 Å². The van der Waals surface area contributed by atoms with E-state index in [0.29, 0.717) is 17.1 Å². The van der Waals surface area contributed by atoms with Gasteiger partial charge in [0.15, 0.2) is 0 Å². The predicted octanol–water partition coefficient (Wildman–Crippen LogP) is 6.17. The summed E-state index contributed by atoms with van der Waals surface area (Å²) in [6, 6.07) is 22.0. The SMILES string of the molecule is O=S(=O)(c1ccccc1)n1cc([C@H]2Nc3ccc(Cl)cc3[C@H]3OCCC[C@@H]23)c2ccccc21. The van der Waals surface area contributed by atoms with E-state index in [1.165, 1.54) is 3.97 Å². The highest BCUT2D eigenvalue weighted by molar-refractivity contribution is 7.90. The highest BCUT2D eigenvalue weighted by Crippen LogP contribution is 2.51. The third-order valence-corrected chi connectivity index (χ3v) is 8.69. The molecule has 0 bridgehead atoms. The second kappa shape index (κ2) is 7.90. The summed E-state index contributed by atoms with van der Waals surface area (Å²) in [6.45, 7) is 0.712. The van der Waals surface area contributed by atoms with Crippen LogP contribution >= 0.6 is 11.6 Å². The molecule has 3 heterocycles. The van der Waals surface area contributed by atoms with Gasteiger partial charge < -0.3 is 10.1 Å². The Morgan fingerprint density at radius 2 is 1.76 bits per heavy atom. The number of halogens is 1. The molecule has 2 aliphatic heterocycles. The zero-order valence-corrected chi connectivity index (χ0v) is 19.4. The number of nitrogens with one attached hydrogen (secondary N) is 1. The lowest BCUT2D eigenvalue weighted by Gasteiger charge is -2.43. The molecule has 1 fully saturated rings. The van der Waals surface area contributed by atoms with Gasteiger partial charge in [-0.3, -0.25) is 0 Å². The van der Waals surface area contributed by atoms with E-state index < -0.39 is 10.0 Å². The molecule has 0 unspecified atom stereocenters. The highest BCUT2D eigenvalue weighted by Gasteiger charge is 2.41. The average Bonchev–Trinajstić information content (AvgIpc) is 3.25. The lowest BCUT2D eigenvalue weighted by Crippen LogP contribution is -2.36. The topological polar surface area (TPSA) is 60.3 Å². The predicted molar refractivity (Wildman–Crippen MR) is 130 cm³/mol. The third-order valence-electron chi connectivity index (χ3n) is 6.77. The molecule has 0 aliphatic carbocycles. The summed E-state index contributed by atoms with van der Waals surface area (Å²) in [7, 11) is -3.74. The van der Waals surface area contributed by atoms with Crippen molar-refractivity contribution < 1.29 is 13.2 Å². The Balaban J connectivity index is 1.53. The lowest BCUT2D eigenvalue weighted by atomic mass is 9.77. The van der Waals surface area contributed by atoms with Crippen LogP contribution in [-0.2, 0) is 14.8 Å². The maximum Gasteiger partial charge on any atom is 0.268 e. The monoisotopic (exact) mass is 478 g/mol. The van der Waals surface area contributed by atoms with Crippen molar-refractivity contribution in [1.82, 2.24) is 3.97 Å². The molecule has 3 aromatic carbocycles. The number of fused-ring (bicyclic) bond motifs is 4. The molecule has 1 N–H and O–H groups in total. The number of anilines is 1. The maximum absolute atomic E-state index is 13.6. The number of rotatable bonds is 3. The molecule has 0 amide bonds. The lowest BCUT2D eigenvalue weighted by molar-refractivity contribution is -0.0379. The van der Waals surface area contributed by atoms with Crippen LogP contribution in [0.4, 0.5) is 5.69 Å². The maximum atomic E-state index is 13.6. The molecule has 0 radical (unpaired) electrons. The minimum atomic E-state index is -3.74. The van der Waals surface area contributed by atoms with Crippen LogP contribution < -0.4 is 5.32 Å². The van der Waals surface area contributed by atoms with Gasteiger partial charge in [-0.15, -0.1) is 0 Å². The first-order chi connectivity index (χ1) is 16.0. The molecule has 0 spiro atoms. The van der Waals surface area contributed by atoms with Gasteiger partial charge >= 0.3 is 0 Å². The number of nitrogens with zero attached hydrogens (tertiary/aromatic N) is 1. The van der Waals surface area contributed by atoms with Crippen LogP contribution in [-0.4, -0.2) is 19.0 Å². The average molecular weight is 479 g/mol. The van der Waals surface area contributed by atoms with Crippen LogP contribution in [0.25, 0.3) is 10.9 Å². The van der Waals surface area contributed by atoms with Gasteiger partial charge in [0.25, 0.3) is 10.0 Å². The summed E-state index contributed by atoms with van der Waals surface area (Å²) >= 11 is 6.30. The van der Waals surface area contributed by atoms with Crippen LogP contribution in [0.2, 0.25) is 5.02 Å². The molecule has 0 saturated carbocycles. The Hall–Kier alpha value is -2.80. The number of hydrogen-bond acceptors (Lipinski definition) is 4. The molecule has 168 valence electrons. The minimum Gasteiger partial charge on any atom is -0.377 e. The largest absolute Gasteiger partial charge is 0.377 e. The highest BCUT2D eigenvalue weighted by atomic mass is 35.5. The van der Waals surface area contributed by atoms with Gasteiger partial charge in [0.1, 0.15) is 0 Å². The van der Waals surface area contributed by atoms with Crippen molar-refractivity contribution in [2.24, 2.45) is 5.92 Å². The smallest absolute Gasteiger partial charge is 0.268 e.